The van der Waals surface area contributed by atoms with Crippen molar-refractivity contribution in [1.29, 1.82) is 0 Å². The molecule has 1 fully saturated rings. The lowest BCUT2D eigenvalue weighted by atomic mass is 10.1. The van der Waals surface area contributed by atoms with E-state index in [4.69, 9.17) is 9.47 Å². The Bertz CT molecular complexity index is 549. The smallest absolute Gasteiger partial charge is 0.329 e. The first-order valence-electron chi connectivity index (χ1n) is 8.31. The molecule has 0 N–H and O–H groups in total. The lowest BCUT2D eigenvalue weighted by Crippen LogP contribution is -2.49. The van der Waals surface area contributed by atoms with Crippen LogP contribution in [0.5, 0.6) is 5.75 Å². The Labute approximate surface area is 147 Å². The molecule has 1 amide bonds. The van der Waals surface area contributed by atoms with Gasteiger partial charge in [0.25, 0.3) is 5.91 Å². The number of hydrogen-bond donors (Lipinski definition) is 0. The van der Waals surface area contributed by atoms with Gasteiger partial charge in [0.15, 0.2) is 6.61 Å². The van der Waals surface area contributed by atoms with Crippen molar-refractivity contribution in [2.45, 2.75) is 38.6 Å². The molecule has 2 unspecified atom stereocenters. The van der Waals surface area contributed by atoms with Gasteiger partial charge in [-0.3, -0.25) is 4.79 Å². The number of hydrogen-bond acceptors (Lipinski definition) is 5. The van der Waals surface area contributed by atoms with Gasteiger partial charge in [-0.05, 0) is 24.5 Å². The van der Waals surface area contributed by atoms with Crippen LogP contribution in [-0.2, 0) is 14.3 Å². The van der Waals surface area contributed by atoms with Crippen molar-refractivity contribution in [1.82, 2.24) is 4.90 Å². The molecule has 1 aromatic carbocycles. The average Bonchev–Trinajstić information content (AvgIpc) is 3.04. The molecule has 24 heavy (non-hydrogen) atoms. The van der Waals surface area contributed by atoms with Crippen LogP contribution in [0, 0.1) is 5.92 Å². The fourth-order valence-corrected chi connectivity index (χ4v) is 4.06. The topological polar surface area (TPSA) is 55.8 Å². The summed E-state index contributed by atoms with van der Waals surface area (Å²) in [5.74, 6) is 0.966. The number of benzene rings is 1. The molecule has 1 aliphatic rings. The first kappa shape index (κ1) is 18.6. The molecule has 2 atom stereocenters. The average molecular weight is 351 g/mol. The lowest BCUT2D eigenvalue weighted by Gasteiger charge is -2.30. The van der Waals surface area contributed by atoms with E-state index in [1.807, 2.05) is 25.1 Å². The molecule has 6 heteroatoms. The summed E-state index contributed by atoms with van der Waals surface area (Å²) in [6, 6.07) is 8.68. The molecule has 0 spiro atoms. The minimum Gasteiger partial charge on any atom is -0.484 e. The normalized spacial score (nSPS) is 20.2. The summed E-state index contributed by atoms with van der Waals surface area (Å²) in [5.41, 5.74) is 0. The maximum atomic E-state index is 12.7. The van der Waals surface area contributed by atoms with E-state index >= 15 is 0 Å². The van der Waals surface area contributed by atoms with Gasteiger partial charge < -0.3 is 14.4 Å². The van der Waals surface area contributed by atoms with E-state index in [-0.39, 0.29) is 29.8 Å². The summed E-state index contributed by atoms with van der Waals surface area (Å²) in [5, 5.41) is -0.0314. The van der Waals surface area contributed by atoms with Gasteiger partial charge in [-0.25, -0.2) is 4.79 Å². The highest BCUT2D eigenvalue weighted by Gasteiger charge is 2.43. The molecule has 0 aliphatic carbocycles. The highest BCUT2D eigenvalue weighted by atomic mass is 32.2. The first-order chi connectivity index (χ1) is 11.5. The number of nitrogens with zero attached hydrogens (tertiary/aromatic N) is 1. The summed E-state index contributed by atoms with van der Waals surface area (Å²) in [6.07, 6.45) is 0.768. The van der Waals surface area contributed by atoms with E-state index in [0.29, 0.717) is 18.1 Å². The molecule has 0 aromatic heterocycles. The van der Waals surface area contributed by atoms with Crippen molar-refractivity contribution in [3.63, 3.8) is 0 Å². The van der Waals surface area contributed by atoms with E-state index in [1.54, 1.807) is 28.8 Å². The summed E-state index contributed by atoms with van der Waals surface area (Å²) in [6.45, 7) is 6.36. The number of carbonyl (C=O) groups is 2. The van der Waals surface area contributed by atoms with Gasteiger partial charge in [0.2, 0.25) is 0 Å². The van der Waals surface area contributed by atoms with Gasteiger partial charge in [-0.15, -0.1) is 11.8 Å². The van der Waals surface area contributed by atoms with Crippen molar-refractivity contribution in [2.75, 3.05) is 19.0 Å². The van der Waals surface area contributed by atoms with Gasteiger partial charge in [-0.2, -0.15) is 0 Å². The van der Waals surface area contributed by atoms with Crippen LogP contribution in [0.15, 0.2) is 30.3 Å². The highest BCUT2D eigenvalue weighted by Crippen LogP contribution is 2.34. The van der Waals surface area contributed by atoms with Gasteiger partial charge in [0, 0.05) is 5.75 Å². The van der Waals surface area contributed by atoms with Crippen molar-refractivity contribution < 1.29 is 19.1 Å². The number of ether oxygens (including phenoxy) is 2. The van der Waals surface area contributed by atoms with Crippen LogP contribution in [0.2, 0.25) is 0 Å². The Hall–Kier alpha value is -1.69. The number of carbonyl (C=O) groups excluding carboxylic acids is 2. The molecule has 2 rings (SSSR count). The second-order valence-corrected chi connectivity index (χ2v) is 7.20. The number of para-hydroxylation sites is 1. The number of rotatable bonds is 7. The number of thioether (sulfide) groups is 1. The van der Waals surface area contributed by atoms with E-state index in [2.05, 4.69) is 13.8 Å². The largest absolute Gasteiger partial charge is 0.484 e. The summed E-state index contributed by atoms with van der Waals surface area (Å²) in [4.78, 5) is 26.6. The van der Waals surface area contributed by atoms with Crippen LogP contribution in [0.3, 0.4) is 0 Å². The molecule has 0 saturated carbocycles. The van der Waals surface area contributed by atoms with Gasteiger partial charge in [-0.1, -0.05) is 39.0 Å². The first-order valence-corrected chi connectivity index (χ1v) is 9.36. The molecular weight excluding hydrogens is 326 g/mol. The Morgan fingerprint density at radius 3 is 2.62 bits per heavy atom. The maximum Gasteiger partial charge on any atom is 0.329 e. The van der Waals surface area contributed by atoms with Crippen LogP contribution in [0.25, 0.3) is 0 Å². The minimum atomic E-state index is -0.527. The molecule has 1 saturated heterocycles. The monoisotopic (exact) mass is 351 g/mol. The van der Waals surface area contributed by atoms with E-state index < -0.39 is 6.04 Å². The summed E-state index contributed by atoms with van der Waals surface area (Å²) < 4.78 is 10.8. The van der Waals surface area contributed by atoms with Gasteiger partial charge in [0.1, 0.15) is 11.8 Å². The maximum absolute atomic E-state index is 12.7. The predicted octanol–water partition coefficient (Wildman–Crippen LogP) is 2.94. The zero-order valence-electron chi connectivity index (χ0n) is 14.4. The molecule has 1 heterocycles. The molecule has 5 nitrogen and oxygen atoms in total. The van der Waals surface area contributed by atoms with Gasteiger partial charge >= 0.3 is 5.97 Å². The van der Waals surface area contributed by atoms with E-state index in [9.17, 15) is 9.59 Å². The summed E-state index contributed by atoms with van der Waals surface area (Å²) >= 11 is 1.63. The minimum absolute atomic E-state index is 0.0314. The van der Waals surface area contributed by atoms with Crippen molar-refractivity contribution in [3.8, 4) is 5.75 Å². The third-order valence-electron chi connectivity index (χ3n) is 3.72. The zero-order valence-corrected chi connectivity index (χ0v) is 15.3. The van der Waals surface area contributed by atoms with E-state index in [1.165, 1.54) is 0 Å². The van der Waals surface area contributed by atoms with Crippen molar-refractivity contribution in [2.24, 2.45) is 5.92 Å². The van der Waals surface area contributed by atoms with Crippen LogP contribution in [0.4, 0.5) is 0 Å². The lowest BCUT2D eigenvalue weighted by molar-refractivity contribution is -0.155. The second kappa shape index (κ2) is 8.97. The Kier molecular flexibility index (Phi) is 6.97. The van der Waals surface area contributed by atoms with Crippen LogP contribution >= 0.6 is 11.8 Å². The highest BCUT2D eigenvalue weighted by molar-refractivity contribution is 8.00. The SMILES string of the molecule is CCCOC(=O)C1CSC(C(C)C)N1C(=O)COc1ccccc1. The second-order valence-electron chi connectivity index (χ2n) is 6.05. The number of esters is 1. The Morgan fingerprint density at radius 1 is 1.29 bits per heavy atom. The van der Waals surface area contributed by atoms with Crippen molar-refractivity contribution in [3.05, 3.63) is 30.3 Å². The Morgan fingerprint density at radius 2 is 2.00 bits per heavy atom. The molecule has 0 radical (unpaired) electrons. The zero-order chi connectivity index (χ0) is 17.5. The molecule has 0 bridgehead atoms. The van der Waals surface area contributed by atoms with Gasteiger partial charge in [0.05, 0.1) is 12.0 Å². The van der Waals surface area contributed by atoms with Crippen LogP contribution < -0.4 is 4.74 Å². The fourth-order valence-electron chi connectivity index (χ4n) is 2.57. The quantitative estimate of drug-likeness (QED) is 0.707. The molecule has 1 aromatic rings. The standard InChI is InChI=1S/C18H25NO4S/c1-4-10-22-18(21)15-12-24-17(13(2)3)19(15)16(20)11-23-14-8-6-5-7-9-14/h5-9,13,15,17H,4,10-12H2,1-3H3. The Balaban J connectivity index is 2.04. The third-order valence-corrected chi connectivity index (χ3v) is 5.34. The predicted molar refractivity (Wildman–Crippen MR) is 94.9 cm³/mol. The van der Waals surface area contributed by atoms with Crippen LogP contribution in [0.1, 0.15) is 27.2 Å². The summed E-state index contributed by atoms with van der Waals surface area (Å²) in [7, 11) is 0. The van der Waals surface area contributed by atoms with E-state index in [0.717, 1.165) is 6.42 Å². The third kappa shape index (κ3) is 4.66. The van der Waals surface area contributed by atoms with Crippen molar-refractivity contribution >= 4 is 23.6 Å². The fraction of sp³-hybridized carbons (Fsp3) is 0.556. The molecule has 1 aliphatic heterocycles. The van der Waals surface area contributed by atoms with Crippen LogP contribution in [-0.4, -0.2) is 47.2 Å². The molecule has 132 valence electrons. The molecular formula is C18H25NO4S. The number of amides is 1.